The van der Waals surface area contributed by atoms with Crippen molar-refractivity contribution < 1.29 is 20.4 Å². The Morgan fingerprint density at radius 2 is 1.41 bits per heavy atom. The number of benzene rings is 2. The monoisotopic (exact) mass is 232 g/mol. The highest BCUT2D eigenvalue weighted by molar-refractivity contribution is 5.49. The van der Waals surface area contributed by atoms with Crippen LogP contribution in [0.4, 0.5) is 0 Å². The Morgan fingerprint density at radius 1 is 0.765 bits per heavy atom. The van der Waals surface area contributed by atoms with E-state index in [2.05, 4.69) is 0 Å². The van der Waals surface area contributed by atoms with E-state index in [0.717, 1.165) is 0 Å². The molecule has 0 aliphatic rings. The van der Waals surface area contributed by atoms with E-state index in [9.17, 15) is 15.3 Å². The van der Waals surface area contributed by atoms with E-state index >= 15 is 0 Å². The lowest BCUT2D eigenvalue weighted by molar-refractivity contribution is 0.436. The Bertz CT molecular complexity index is 529. The molecule has 0 radical (unpaired) electrons. The van der Waals surface area contributed by atoms with Crippen molar-refractivity contribution >= 4 is 0 Å². The zero-order chi connectivity index (χ0) is 12.4. The molecule has 2 rings (SSSR count). The second-order valence-corrected chi connectivity index (χ2v) is 3.76. The minimum Gasteiger partial charge on any atom is -0.508 e. The van der Waals surface area contributed by atoms with Gasteiger partial charge in [-0.1, -0.05) is 12.1 Å². The van der Waals surface area contributed by atoms with Gasteiger partial charge in [-0.3, -0.25) is 0 Å². The smallest absolute Gasteiger partial charge is 0.122 e. The number of phenols is 4. The van der Waals surface area contributed by atoms with Gasteiger partial charge in [-0.15, -0.1) is 0 Å². The van der Waals surface area contributed by atoms with Crippen LogP contribution in [0.2, 0.25) is 0 Å². The third kappa shape index (κ3) is 2.25. The van der Waals surface area contributed by atoms with Gasteiger partial charge in [0.2, 0.25) is 0 Å². The lowest BCUT2D eigenvalue weighted by Gasteiger charge is -2.08. The summed E-state index contributed by atoms with van der Waals surface area (Å²) < 4.78 is 0. The van der Waals surface area contributed by atoms with Gasteiger partial charge in [-0.05, 0) is 23.8 Å². The van der Waals surface area contributed by atoms with Crippen LogP contribution in [0.3, 0.4) is 0 Å². The third-order valence-corrected chi connectivity index (χ3v) is 2.56. The Labute approximate surface area is 98.0 Å². The molecule has 4 nitrogen and oxygen atoms in total. The molecule has 0 bridgehead atoms. The van der Waals surface area contributed by atoms with Crippen LogP contribution in [0.15, 0.2) is 36.4 Å². The molecule has 0 spiro atoms. The lowest BCUT2D eigenvalue weighted by Crippen LogP contribution is -1.90. The maximum absolute atomic E-state index is 9.61. The van der Waals surface area contributed by atoms with E-state index < -0.39 is 0 Å². The molecule has 0 fully saturated rings. The maximum Gasteiger partial charge on any atom is 0.122 e. The van der Waals surface area contributed by atoms with Gasteiger partial charge >= 0.3 is 0 Å². The maximum atomic E-state index is 9.61. The van der Waals surface area contributed by atoms with Crippen LogP contribution in [-0.2, 0) is 6.42 Å². The Morgan fingerprint density at radius 3 is 2.00 bits per heavy atom. The predicted molar refractivity (Wildman–Crippen MR) is 62.3 cm³/mol. The van der Waals surface area contributed by atoms with Gasteiger partial charge in [0.15, 0.2) is 0 Å². The van der Waals surface area contributed by atoms with Crippen LogP contribution in [0.5, 0.6) is 23.0 Å². The first-order valence-electron chi connectivity index (χ1n) is 5.08. The van der Waals surface area contributed by atoms with Gasteiger partial charge in [0.05, 0.1) is 0 Å². The van der Waals surface area contributed by atoms with E-state index in [4.69, 9.17) is 5.11 Å². The number of phenolic OH excluding ortho intramolecular Hbond substituents is 4. The summed E-state index contributed by atoms with van der Waals surface area (Å²) in [5, 5.41) is 38.0. The van der Waals surface area contributed by atoms with E-state index in [1.165, 1.54) is 36.4 Å². The summed E-state index contributed by atoms with van der Waals surface area (Å²) in [6, 6.07) is 8.65. The molecule has 88 valence electrons. The zero-order valence-corrected chi connectivity index (χ0v) is 8.96. The summed E-state index contributed by atoms with van der Waals surface area (Å²) in [6.45, 7) is 0. The summed E-state index contributed by atoms with van der Waals surface area (Å²) in [5.41, 5.74) is 0.855. The minimum absolute atomic E-state index is 0.0301. The van der Waals surface area contributed by atoms with Gasteiger partial charge in [0.25, 0.3) is 0 Å². The molecule has 17 heavy (non-hydrogen) atoms. The lowest BCUT2D eigenvalue weighted by atomic mass is 10.0. The second kappa shape index (κ2) is 4.25. The minimum atomic E-state index is -0.0762. The van der Waals surface area contributed by atoms with Gasteiger partial charge in [-0.25, -0.2) is 0 Å². The first-order chi connectivity index (χ1) is 8.08. The van der Waals surface area contributed by atoms with Crippen molar-refractivity contribution in [2.24, 2.45) is 0 Å². The molecule has 0 saturated heterocycles. The normalized spacial score (nSPS) is 10.4. The summed E-state index contributed by atoms with van der Waals surface area (Å²) in [6.07, 6.45) is 0.185. The van der Waals surface area contributed by atoms with Gasteiger partial charge in [0.1, 0.15) is 23.0 Å². The average Bonchev–Trinajstić information content (AvgIpc) is 2.26. The molecular formula is C13H12O4. The number of hydrogen-bond donors (Lipinski definition) is 4. The third-order valence-electron chi connectivity index (χ3n) is 2.56. The fourth-order valence-corrected chi connectivity index (χ4v) is 1.64. The molecule has 4 heteroatoms. The molecule has 0 amide bonds. The van der Waals surface area contributed by atoms with Crippen LogP contribution >= 0.6 is 0 Å². The fraction of sp³-hybridized carbons (Fsp3) is 0.0769. The van der Waals surface area contributed by atoms with Gasteiger partial charge < -0.3 is 20.4 Å². The molecule has 2 aromatic rings. The van der Waals surface area contributed by atoms with Crippen LogP contribution in [0.25, 0.3) is 0 Å². The SMILES string of the molecule is Oc1ccc(Cc2c(O)cccc2O)c(O)c1. The summed E-state index contributed by atoms with van der Waals surface area (Å²) in [4.78, 5) is 0. The van der Waals surface area contributed by atoms with Crippen molar-refractivity contribution in [1.29, 1.82) is 0 Å². The van der Waals surface area contributed by atoms with E-state index in [1.54, 1.807) is 0 Å². The van der Waals surface area contributed by atoms with Crippen molar-refractivity contribution in [1.82, 2.24) is 0 Å². The van der Waals surface area contributed by atoms with Crippen LogP contribution < -0.4 is 0 Å². The predicted octanol–water partition coefficient (Wildman–Crippen LogP) is 2.10. The van der Waals surface area contributed by atoms with Crippen molar-refractivity contribution in [2.75, 3.05) is 0 Å². The van der Waals surface area contributed by atoms with Crippen molar-refractivity contribution in [2.45, 2.75) is 6.42 Å². The number of aromatic hydroxyl groups is 4. The molecule has 0 atom stereocenters. The molecule has 0 saturated carbocycles. The standard InChI is InChI=1S/C13H12O4/c14-9-5-4-8(13(17)7-9)6-10-11(15)2-1-3-12(10)16/h1-5,7,14-17H,6H2. The van der Waals surface area contributed by atoms with Gasteiger partial charge in [-0.2, -0.15) is 0 Å². The van der Waals surface area contributed by atoms with Crippen molar-refractivity contribution in [3.63, 3.8) is 0 Å². The average molecular weight is 232 g/mol. The molecule has 0 aliphatic carbocycles. The van der Waals surface area contributed by atoms with E-state index in [1.807, 2.05) is 0 Å². The Kier molecular flexibility index (Phi) is 2.78. The Balaban J connectivity index is 2.38. The first kappa shape index (κ1) is 11.1. The molecule has 2 aromatic carbocycles. The van der Waals surface area contributed by atoms with Crippen LogP contribution in [0, 0.1) is 0 Å². The number of rotatable bonds is 2. The molecular weight excluding hydrogens is 220 g/mol. The summed E-state index contributed by atoms with van der Waals surface area (Å²) >= 11 is 0. The highest BCUT2D eigenvalue weighted by Gasteiger charge is 2.10. The number of hydrogen-bond acceptors (Lipinski definition) is 4. The Hall–Kier alpha value is -2.36. The van der Waals surface area contributed by atoms with Crippen LogP contribution in [-0.4, -0.2) is 20.4 Å². The summed E-state index contributed by atoms with van der Waals surface area (Å²) in [7, 11) is 0. The second-order valence-electron chi connectivity index (χ2n) is 3.76. The van der Waals surface area contributed by atoms with Crippen LogP contribution in [0.1, 0.15) is 11.1 Å². The fourth-order valence-electron chi connectivity index (χ4n) is 1.64. The topological polar surface area (TPSA) is 80.9 Å². The van der Waals surface area contributed by atoms with E-state index in [-0.39, 0.29) is 29.4 Å². The highest BCUT2D eigenvalue weighted by Crippen LogP contribution is 2.32. The quantitative estimate of drug-likeness (QED) is 0.639. The highest BCUT2D eigenvalue weighted by atomic mass is 16.3. The van der Waals surface area contributed by atoms with E-state index in [0.29, 0.717) is 11.1 Å². The first-order valence-corrected chi connectivity index (χ1v) is 5.08. The molecule has 0 heterocycles. The molecule has 0 unspecified atom stereocenters. The van der Waals surface area contributed by atoms with Crippen molar-refractivity contribution in [3.8, 4) is 23.0 Å². The molecule has 4 N–H and O–H groups in total. The van der Waals surface area contributed by atoms with Gasteiger partial charge in [0, 0.05) is 18.1 Å². The molecule has 0 aliphatic heterocycles. The van der Waals surface area contributed by atoms with Crippen molar-refractivity contribution in [3.05, 3.63) is 47.5 Å². The summed E-state index contributed by atoms with van der Waals surface area (Å²) in [5.74, 6) is -0.171. The zero-order valence-electron chi connectivity index (χ0n) is 8.96. The molecule has 0 aromatic heterocycles. The largest absolute Gasteiger partial charge is 0.508 e.